The van der Waals surface area contributed by atoms with Crippen LogP contribution >= 0.6 is 11.6 Å². The van der Waals surface area contributed by atoms with Crippen LogP contribution in [0.25, 0.3) is 0 Å². The number of ether oxygens (including phenoxy) is 1. The summed E-state index contributed by atoms with van der Waals surface area (Å²) >= 11 is 5.68. The molecule has 1 N–H and O–H groups in total. The number of hydrogen-bond donors (Lipinski definition) is 1. The fourth-order valence-electron chi connectivity index (χ4n) is 1.35. The number of nitrogens with one attached hydrogen (secondary N) is 1. The highest BCUT2D eigenvalue weighted by Gasteiger charge is 2.09. The highest BCUT2D eigenvalue weighted by atomic mass is 35.5. The lowest BCUT2D eigenvalue weighted by atomic mass is 10.3. The van der Waals surface area contributed by atoms with E-state index in [0.717, 1.165) is 39.4 Å². The molecule has 1 heterocycles. The van der Waals surface area contributed by atoms with E-state index in [1.165, 1.54) is 0 Å². The van der Waals surface area contributed by atoms with Crippen LogP contribution in [-0.4, -0.2) is 56.2 Å². The molecule has 4 heteroatoms. The van der Waals surface area contributed by atoms with Gasteiger partial charge in [0, 0.05) is 38.1 Å². The molecule has 0 aromatic rings. The zero-order valence-electron chi connectivity index (χ0n) is 8.26. The van der Waals surface area contributed by atoms with E-state index in [1.54, 1.807) is 0 Å². The predicted molar refractivity (Wildman–Crippen MR) is 55.4 cm³/mol. The molecule has 0 saturated carbocycles. The first-order valence-electron chi connectivity index (χ1n) is 4.92. The van der Waals surface area contributed by atoms with Crippen molar-refractivity contribution in [2.24, 2.45) is 0 Å². The maximum absolute atomic E-state index is 5.68. The van der Waals surface area contributed by atoms with Gasteiger partial charge in [0.15, 0.2) is 0 Å². The van der Waals surface area contributed by atoms with Crippen molar-refractivity contribution in [2.75, 3.05) is 45.3 Å². The smallest absolute Gasteiger partial charge is 0.0594 e. The topological polar surface area (TPSA) is 24.5 Å². The van der Waals surface area contributed by atoms with Gasteiger partial charge in [0.25, 0.3) is 0 Å². The van der Waals surface area contributed by atoms with Crippen LogP contribution < -0.4 is 5.32 Å². The van der Waals surface area contributed by atoms with Crippen LogP contribution in [0.15, 0.2) is 0 Å². The summed E-state index contributed by atoms with van der Waals surface area (Å²) in [5.41, 5.74) is 0. The summed E-state index contributed by atoms with van der Waals surface area (Å²) in [5.74, 6) is 0.684. The van der Waals surface area contributed by atoms with Gasteiger partial charge in [-0.2, -0.15) is 0 Å². The van der Waals surface area contributed by atoms with E-state index in [0.29, 0.717) is 11.9 Å². The third-order valence-electron chi connectivity index (χ3n) is 2.26. The molecule has 0 radical (unpaired) electrons. The SMILES string of the molecule is CC(CCl)NCCN1CCOCC1. The molecule has 1 aliphatic heterocycles. The van der Waals surface area contributed by atoms with Crippen molar-refractivity contribution >= 4 is 11.6 Å². The molecule has 0 amide bonds. The molecule has 78 valence electrons. The van der Waals surface area contributed by atoms with Crippen LogP contribution in [0.3, 0.4) is 0 Å². The maximum Gasteiger partial charge on any atom is 0.0594 e. The lowest BCUT2D eigenvalue weighted by molar-refractivity contribution is 0.0382. The molecule has 1 saturated heterocycles. The van der Waals surface area contributed by atoms with E-state index in [9.17, 15) is 0 Å². The number of rotatable bonds is 5. The van der Waals surface area contributed by atoms with Gasteiger partial charge in [0.2, 0.25) is 0 Å². The molecule has 1 fully saturated rings. The lowest BCUT2D eigenvalue weighted by Crippen LogP contribution is -2.42. The van der Waals surface area contributed by atoms with Crippen molar-refractivity contribution in [2.45, 2.75) is 13.0 Å². The van der Waals surface area contributed by atoms with E-state index in [-0.39, 0.29) is 0 Å². The van der Waals surface area contributed by atoms with Crippen molar-refractivity contribution in [1.29, 1.82) is 0 Å². The average Bonchev–Trinajstić information content (AvgIpc) is 2.19. The standard InChI is InChI=1S/C9H19ClN2O/c1-9(8-10)11-2-3-12-4-6-13-7-5-12/h9,11H,2-8H2,1H3. The van der Waals surface area contributed by atoms with E-state index in [1.807, 2.05) is 0 Å². The Morgan fingerprint density at radius 1 is 1.46 bits per heavy atom. The number of halogens is 1. The van der Waals surface area contributed by atoms with Gasteiger partial charge in [0.1, 0.15) is 0 Å². The minimum Gasteiger partial charge on any atom is -0.379 e. The van der Waals surface area contributed by atoms with Crippen LogP contribution in [0.2, 0.25) is 0 Å². The van der Waals surface area contributed by atoms with Gasteiger partial charge in [-0.3, -0.25) is 4.90 Å². The van der Waals surface area contributed by atoms with Crippen LogP contribution in [-0.2, 0) is 4.74 Å². The van der Waals surface area contributed by atoms with E-state index >= 15 is 0 Å². The molecule has 0 aromatic heterocycles. The second-order valence-corrected chi connectivity index (χ2v) is 3.77. The Labute approximate surface area is 85.4 Å². The summed E-state index contributed by atoms with van der Waals surface area (Å²) in [4.78, 5) is 2.41. The van der Waals surface area contributed by atoms with Gasteiger partial charge < -0.3 is 10.1 Å². The molecule has 0 aliphatic carbocycles. The zero-order valence-corrected chi connectivity index (χ0v) is 9.02. The molecule has 3 nitrogen and oxygen atoms in total. The molecular weight excluding hydrogens is 188 g/mol. The maximum atomic E-state index is 5.68. The molecule has 1 atom stereocenters. The highest BCUT2D eigenvalue weighted by Crippen LogP contribution is 1.95. The number of alkyl halides is 1. The molecule has 0 bridgehead atoms. The Balaban J connectivity index is 1.98. The molecule has 13 heavy (non-hydrogen) atoms. The van der Waals surface area contributed by atoms with Crippen molar-refractivity contribution in [3.05, 3.63) is 0 Å². The van der Waals surface area contributed by atoms with Crippen LogP contribution in [0, 0.1) is 0 Å². The van der Waals surface area contributed by atoms with Crippen LogP contribution in [0.4, 0.5) is 0 Å². The predicted octanol–water partition coefficient (Wildman–Crippen LogP) is 0.535. The largest absolute Gasteiger partial charge is 0.379 e. The summed E-state index contributed by atoms with van der Waals surface area (Å²) in [6.07, 6.45) is 0. The fraction of sp³-hybridized carbons (Fsp3) is 1.00. The fourth-order valence-corrected chi connectivity index (χ4v) is 1.46. The van der Waals surface area contributed by atoms with Crippen LogP contribution in [0.5, 0.6) is 0 Å². The van der Waals surface area contributed by atoms with Gasteiger partial charge in [-0.25, -0.2) is 0 Å². The summed E-state index contributed by atoms with van der Waals surface area (Å²) in [6, 6.07) is 0.419. The molecule has 0 aromatic carbocycles. The first-order valence-corrected chi connectivity index (χ1v) is 5.46. The molecule has 0 spiro atoms. The monoisotopic (exact) mass is 206 g/mol. The van der Waals surface area contributed by atoms with Gasteiger partial charge >= 0.3 is 0 Å². The Morgan fingerprint density at radius 3 is 2.77 bits per heavy atom. The van der Waals surface area contributed by atoms with Gasteiger partial charge in [0.05, 0.1) is 13.2 Å². The molecule has 1 unspecified atom stereocenters. The van der Waals surface area contributed by atoms with E-state index in [2.05, 4.69) is 17.1 Å². The van der Waals surface area contributed by atoms with Crippen molar-refractivity contribution in [3.63, 3.8) is 0 Å². The minimum absolute atomic E-state index is 0.419. The third-order valence-corrected chi connectivity index (χ3v) is 2.72. The van der Waals surface area contributed by atoms with Crippen molar-refractivity contribution < 1.29 is 4.74 Å². The summed E-state index contributed by atoms with van der Waals surface area (Å²) < 4.78 is 5.27. The summed E-state index contributed by atoms with van der Waals surface area (Å²) in [5, 5.41) is 3.37. The number of morpholine rings is 1. The Kier molecular flexibility index (Phi) is 5.71. The van der Waals surface area contributed by atoms with E-state index < -0.39 is 0 Å². The Bertz CT molecular complexity index is 129. The molecule has 1 rings (SSSR count). The third kappa shape index (κ3) is 4.81. The Morgan fingerprint density at radius 2 is 2.15 bits per heavy atom. The van der Waals surface area contributed by atoms with Crippen molar-refractivity contribution in [1.82, 2.24) is 10.2 Å². The van der Waals surface area contributed by atoms with Gasteiger partial charge in [-0.15, -0.1) is 11.6 Å². The second-order valence-electron chi connectivity index (χ2n) is 3.46. The molecular formula is C9H19ClN2O. The number of nitrogens with zero attached hydrogens (tertiary/aromatic N) is 1. The second kappa shape index (κ2) is 6.60. The summed E-state index contributed by atoms with van der Waals surface area (Å²) in [6.45, 7) is 8.12. The van der Waals surface area contributed by atoms with E-state index in [4.69, 9.17) is 16.3 Å². The Hall–Kier alpha value is 0.170. The lowest BCUT2D eigenvalue weighted by Gasteiger charge is -2.27. The zero-order chi connectivity index (χ0) is 9.52. The minimum atomic E-state index is 0.419. The number of hydrogen-bond acceptors (Lipinski definition) is 3. The van der Waals surface area contributed by atoms with Crippen LogP contribution in [0.1, 0.15) is 6.92 Å². The van der Waals surface area contributed by atoms with Crippen molar-refractivity contribution in [3.8, 4) is 0 Å². The quantitative estimate of drug-likeness (QED) is 0.665. The average molecular weight is 207 g/mol. The normalized spacial score (nSPS) is 21.7. The first kappa shape index (κ1) is 11.2. The van der Waals surface area contributed by atoms with Gasteiger partial charge in [-0.05, 0) is 6.92 Å². The summed E-state index contributed by atoms with van der Waals surface area (Å²) in [7, 11) is 0. The highest BCUT2D eigenvalue weighted by molar-refractivity contribution is 6.18. The van der Waals surface area contributed by atoms with Gasteiger partial charge in [-0.1, -0.05) is 0 Å². The first-order chi connectivity index (χ1) is 6.33. The molecule has 1 aliphatic rings.